The number of H-pyrrole nitrogens is 1. The first-order valence-corrected chi connectivity index (χ1v) is 4.32. The van der Waals surface area contributed by atoms with Crippen LogP contribution in [0.25, 0.3) is 0 Å². The van der Waals surface area contributed by atoms with Crippen LogP contribution in [0, 0.1) is 0 Å². The monoisotopic (exact) mass is 188 g/mol. The number of aromatic nitrogens is 3. The van der Waals surface area contributed by atoms with Crippen molar-refractivity contribution >= 4 is 6.29 Å². The molecule has 0 radical (unpaired) electrons. The summed E-state index contributed by atoms with van der Waals surface area (Å²) in [5.41, 5.74) is 1.58. The lowest BCUT2D eigenvalue weighted by atomic mass is 10.2. The summed E-state index contributed by atoms with van der Waals surface area (Å²) in [6.45, 7) is 0.696. The highest BCUT2D eigenvalue weighted by atomic mass is 16.1. The number of rotatable bonds is 3. The Hall–Kier alpha value is -1.97. The smallest absolute Gasteiger partial charge is 0.280 e. The van der Waals surface area contributed by atoms with Crippen LogP contribution in [0.3, 0.4) is 0 Å². The molecule has 1 aromatic carbocycles. The second-order valence-corrected chi connectivity index (χ2v) is 3.00. The van der Waals surface area contributed by atoms with Crippen molar-refractivity contribution in [3.63, 3.8) is 0 Å². The normalized spacial score (nSPS) is 10.0. The summed E-state index contributed by atoms with van der Waals surface area (Å²) in [6, 6.07) is 9.97. The molecule has 4 heteroatoms. The summed E-state index contributed by atoms with van der Waals surface area (Å²) in [5, 5.41) is 6.54. The number of nitrogens with zero attached hydrogens (tertiary/aromatic N) is 2. The number of carbonyl (C=O) groups is 1. The molecule has 0 atom stereocenters. The van der Waals surface area contributed by atoms with E-state index in [9.17, 15) is 4.79 Å². The minimum Gasteiger partial charge on any atom is -0.293 e. The van der Waals surface area contributed by atoms with E-state index in [1.165, 1.54) is 5.56 Å². The molecule has 4 nitrogen and oxygen atoms in total. The van der Waals surface area contributed by atoms with Gasteiger partial charge in [0, 0.05) is 5.10 Å². The first-order chi connectivity index (χ1) is 6.88. The molecule has 0 aliphatic heterocycles. The molecule has 0 spiro atoms. The quantitative estimate of drug-likeness (QED) is 0.565. The van der Waals surface area contributed by atoms with Gasteiger partial charge in [-0.3, -0.25) is 4.79 Å². The molecule has 1 N–H and O–H groups in total. The molecule has 0 aliphatic rings. The SMILES string of the molecule is O=Cc1c[n+](Cc2ccccc2)[nH]n1. The highest BCUT2D eigenvalue weighted by Gasteiger charge is 2.06. The van der Waals surface area contributed by atoms with Crippen molar-refractivity contribution in [3.05, 3.63) is 47.8 Å². The van der Waals surface area contributed by atoms with E-state index in [-0.39, 0.29) is 0 Å². The Morgan fingerprint density at radius 1 is 1.36 bits per heavy atom. The van der Waals surface area contributed by atoms with Crippen molar-refractivity contribution < 1.29 is 9.48 Å². The van der Waals surface area contributed by atoms with Crippen molar-refractivity contribution in [1.82, 2.24) is 10.3 Å². The molecule has 0 aliphatic carbocycles. The topological polar surface area (TPSA) is 49.6 Å². The zero-order valence-electron chi connectivity index (χ0n) is 7.55. The van der Waals surface area contributed by atoms with Gasteiger partial charge in [-0.1, -0.05) is 35.5 Å². The van der Waals surface area contributed by atoms with E-state index in [0.29, 0.717) is 12.2 Å². The van der Waals surface area contributed by atoms with Crippen molar-refractivity contribution in [3.8, 4) is 0 Å². The summed E-state index contributed by atoms with van der Waals surface area (Å²) in [5.74, 6) is 0. The second-order valence-electron chi connectivity index (χ2n) is 3.00. The van der Waals surface area contributed by atoms with Gasteiger partial charge in [-0.2, -0.15) is 4.68 Å². The van der Waals surface area contributed by atoms with Crippen molar-refractivity contribution in [2.24, 2.45) is 0 Å². The van der Waals surface area contributed by atoms with Gasteiger partial charge in [0.1, 0.15) is 6.54 Å². The maximum absolute atomic E-state index is 10.4. The molecule has 0 saturated carbocycles. The number of carbonyl (C=O) groups excluding carboxylic acids is 1. The zero-order valence-corrected chi connectivity index (χ0v) is 7.55. The number of nitrogens with one attached hydrogen (secondary N) is 1. The van der Waals surface area contributed by atoms with Crippen LogP contribution in [0.5, 0.6) is 0 Å². The molecule has 14 heavy (non-hydrogen) atoms. The molecule has 70 valence electrons. The van der Waals surface area contributed by atoms with E-state index < -0.39 is 0 Å². The average Bonchev–Trinajstić information content (AvgIpc) is 2.67. The van der Waals surface area contributed by atoms with Crippen molar-refractivity contribution in [2.45, 2.75) is 6.54 Å². The summed E-state index contributed by atoms with van der Waals surface area (Å²) in [6.07, 6.45) is 2.40. The van der Waals surface area contributed by atoms with Crippen molar-refractivity contribution in [1.29, 1.82) is 0 Å². The fourth-order valence-corrected chi connectivity index (χ4v) is 1.26. The molecule has 1 heterocycles. The molecular formula is C10H10N3O+. The lowest BCUT2D eigenvalue weighted by Gasteiger charge is -1.94. The third-order valence-electron chi connectivity index (χ3n) is 1.91. The molecule has 1 aromatic heterocycles. The fourth-order valence-electron chi connectivity index (χ4n) is 1.26. The van der Waals surface area contributed by atoms with E-state index in [1.807, 2.05) is 30.3 Å². The van der Waals surface area contributed by atoms with Gasteiger partial charge in [-0.25, -0.2) is 0 Å². The minimum absolute atomic E-state index is 0.418. The predicted molar refractivity (Wildman–Crippen MR) is 49.7 cm³/mol. The fraction of sp³-hybridized carbons (Fsp3) is 0.100. The maximum Gasteiger partial charge on any atom is 0.280 e. The van der Waals surface area contributed by atoms with Crippen LogP contribution in [0.4, 0.5) is 0 Å². The average molecular weight is 188 g/mol. The van der Waals surface area contributed by atoms with Crippen molar-refractivity contribution in [2.75, 3.05) is 0 Å². The lowest BCUT2D eigenvalue weighted by Crippen LogP contribution is -2.35. The Kier molecular flexibility index (Phi) is 2.36. The van der Waals surface area contributed by atoms with Gasteiger partial charge >= 0.3 is 0 Å². The van der Waals surface area contributed by atoms with Gasteiger partial charge < -0.3 is 0 Å². The number of hydrogen-bond donors (Lipinski definition) is 1. The Labute approximate surface area is 81.2 Å². The highest BCUT2D eigenvalue weighted by molar-refractivity contribution is 5.70. The third-order valence-corrected chi connectivity index (χ3v) is 1.91. The summed E-state index contributed by atoms with van der Waals surface area (Å²) >= 11 is 0. The number of aromatic amines is 1. The number of aldehydes is 1. The molecule has 2 aromatic rings. The molecule has 0 fully saturated rings. The van der Waals surface area contributed by atoms with Gasteiger partial charge in [0.15, 0.2) is 12.5 Å². The van der Waals surface area contributed by atoms with E-state index in [4.69, 9.17) is 0 Å². The standard InChI is InChI=1S/C10H9N3O/c14-8-10-7-13(12-11-10)6-9-4-2-1-3-5-9/h1-5,7-8H,6H2/p+1. The molecule has 0 amide bonds. The molecular weight excluding hydrogens is 178 g/mol. The Bertz CT molecular complexity index is 422. The number of benzene rings is 1. The van der Waals surface area contributed by atoms with Crippen LogP contribution in [0.15, 0.2) is 36.5 Å². The van der Waals surface area contributed by atoms with Crippen LogP contribution in [-0.2, 0) is 6.54 Å². The lowest BCUT2D eigenvalue weighted by molar-refractivity contribution is -0.745. The second kappa shape index (κ2) is 3.83. The molecule has 2 rings (SSSR count). The summed E-state index contributed by atoms with van der Waals surface area (Å²) < 4.78 is 1.76. The van der Waals surface area contributed by atoms with Gasteiger partial charge in [-0.05, 0) is 5.56 Å². The maximum atomic E-state index is 10.4. The first kappa shape index (κ1) is 8.62. The molecule has 0 unspecified atom stereocenters. The summed E-state index contributed by atoms with van der Waals surface area (Å²) in [4.78, 5) is 10.4. The van der Waals surface area contributed by atoms with Gasteiger partial charge in [0.05, 0.1) is 0 Å². The van der Waals surface area contributed by atoms with Crippen LogP contribution in [-0.4, -0.2) is 16.6 Å². The van der Waals surface area contributed by atoms with Crippen LogP contribution in [0.2, 0.25) is 0 Å². The van der Waals surface area contributed by atoms with E-state index in [1.54, 1.807) is 10.9 Å². The third kappa shape index (κ3) is 1.85. The van der Waals surface area contributed by atoms with Gasteiger partial charge in [0.25, 0.3) is 5.69 Å². The van der Waals surface area contributed by atoms with Gasteiger partial charge in [-0.15, -0.1) is 0 Å². The first-order valence-electron chi connectivity index (χ1n) is 4.32. The van der Waals surface area contributed by atoms with Crippen LogP contribution < -0.4 is 4.68 Å². The van der Waals surface area contributed by atoms with E-state index >= 15 is 0 Å². The van der Waals surface area contributed by atoms with Crippen LogP contribution >= 0.6 is 0 Å². The minimum atomic E-state index is 0.418. The Morgan fingerprint density at radius 3 is 2.79 bits per heavy atom. The van der Waals surface area contributed by atoms with E-state index in [0.717, 1.165) is 6.29 Å². The van der Waals surface area contributed by atoms with E-state index in [2.05, 4.69) is 10.3 Å². The molecule has 0 bridgehead atoms. The van der Waals surface area contributed by atoms with Gasteiger partial charge in [0.2, 0.25) is 0 Å². The Balaban J connectivity index is 2.15. The zero-order chi connectivity index (χ0) is 9.80. The van der Waals surface area contributed by atoms with Crippen LogP contribution in [0.1, 0.15) is 16.1 Å². The number of hydrogen-bond acceptors (Lipinski definition) is 2. The summed E-state index contributed by atoms with van der Waals surface area (Å²) in [7, 11) is 0. The highest BCUT2D eigenvalue weighted by Crippen LogP contribution is 1.96. The largest absolute Gasteiger partial charge is 0.293 e. The Morgan fingerprint density at radius 2 is 2.14 bits per heavy atom. The molecule has 0 saturated heterocycles. The predicted octanol–water partition coefficient (Wildman–Crippen LogP) is 0.558.